The standard InChI is InChI=1S/C8H16N6O2S/c1-5(2)14-7(9)11-12-8(14)17-4-3-6(15)16-13-10/h5,13H,3-4,10H2,1-2H3,(H2,9,11). The lowest BCUT2D eigenvalue weighted by Gasteiger charge is -2.10. The fraction of sp³-hybridized carbons (Fsp3) is 0.625. The van der Waals surface area contributed by atoms with Gasteiger partial charge in [-0.2, -0.15) is 0 Å². The van der Waals surface area contributed by atoms with Crippen molar-refractivity contribution in [1.29, 1.82) is 0 Å². The van der Waals surface area contributed by atoms with Gasteiger partial charge < -0.3 is 10.6 Å². The molecular formula is C8H16N6O2S. The second-order valence-electron chi connectivity index (χ2n) is 3.49. The summed E-state index contributed by atoms with van der Waals surface area (Å²) >= 11 is 1.39. The molecule has 1 heterocycles. The minimum absolute atomic E-state index is 0.171. The number of carbonyl (C=O) groups is 1. The van der Waals surface area contributed by atoms with E-state index in [9.17, 15) is 4.79 Å². The van der Waals surface area contributed by atoms with Gasteiger partial charge in [0.05, 0.1) is 6.42 Å². The summed E-state index contributed by atoms with van der Waals surface area (Å²) in [5.41, 5.74) is 7.52. The molecule has 0 bridgehead atoms. The minimum atomic E-state index is -0.427. The number of nitrogens with two attached hydrogens (primary N) is 2. The number of carbonyl (C=O) groups excluding carboxylic acids is 1. The lowest BCUT2D eigenvalue weighted by Crippen LogP contribution is -2.26. The largest absolute Gasteiger partial charge is 0.368 e. The van der Waals surface area contributed by atoms with Crippen molar-refractivity contribution in [2.24, 2.45) is 5.84 Å². The van der Waals surface area contributed by atoms with Crippen LogP contribution in [0.2, 0.25) is 0 Å². The number of hydrogen-bond acceptors (Lipinski definition) is 8. The van der Waals surface area contributed by atoms with Gasteiger partial charge in [-0.25, -0.2) is 5.84 Å². The van der Waals surface area contributed by atoms with Crippen LogP contribution >= 0.6 is 11.8 Å². The summed E-state index contributed by atoms with van der Waals surface area (Å²) in [7, 11) is 0. The first-order valence-electron chi connectivity index (χ1n) is 5.04. The van der Waals surface area contributed by atoms with Crippen LogP contribution in [0.1, 0.15) is 26.3 Å². The van der Waals surface area contributed by atoms with E-state index in [1.54, 1.807) is 4.57 Å². The van der Waals surface area contributed by atoms with Crippen molar-refractivity contribution in [2.75, 3.05) is 11.5 Å². The summed E-state index contributed by atoms with van der Waals surface area (Å²) in [6.45, 7) is 3.97. The maximum Gasteiger partial charge on any atom is 0.327 e. The van der Waals surface area contributed by atoms with Crippen LogP contribution in [0.4, 0.5) is 5.95 Å². The van der Waals surface area contributed by atoms with Crippen LogP contribution in [0.5, 0.6) is 0 Å². The lowest BCUT2D eigenvalue weighted by atomic mass is 10.4. The number of nitrogen functional groups attached to an aromatic ring is 1. The maximum absolute atomic E-state index is 11.0. The summed E-state index contributed by atoms with van der Waals surface area (Å²) in [6, 6.07) is 0.171. The molecule has 5 N–H and O–H groups in total. The smallest absolute Gasteiger partial charge is 0.327 e. The average molecular weight is 260 g/mol. The number of hydrazine groups is 1. The second kappa shape index (κ2) is 6.42. The highest BCUT2D eigenvalue weighted by atomic mass is 32.2. The van der Waals surface area contributed by atoms with Crippen molar-refractivity contribution in [3.63, 3.8) is 0 Å². The number of aromatic nitrogens is 3. The van der Waals surface area contributed by atoms with Gasteiger partial charge in [-0.1, -0.05) is 17.4 Å². The molecule has 0 atom stereocenters. The zero-order valence-electron chi connectivity index (χ0n) is 9.71. The first-order valence-corrected chi connectivity index (χ1v) is 6.03. The molecule has 0 saturated carbocycles. The molecule has 1 aromatic rings. The third kappa shape index (κ3) is 3.88. The maximum atomic E-state index is 11.0. The van der Waals surface area contributed by atoms with Crippen molar-refractivity contribution < 1.29 is 9.63 Å². The van der Waals surface area contributed by atoms with Gasteiger partial charge in [-0.3, -0.25) is 9.36 Å². The molecule has 1 aromatic heterocycles. The average Bonchev–Trinajstić information content (AvgIpc) is 2.60. The van der Waals surface area contributed by atoms with Crippen LogP contribution in [0.15, 0.2) is 5.16 Å². The minimum Gasteiger partial charge on any atom is -0.368 e. The SMILES string of the molecule is CC(C)n1c(N)nnc1SCCC(=O)ONN. The van der Waals surface area contributed by atoms with E-state index in [0.717, 1.165) is 0 Å². The van der Waals surface area contributed by atoms with Gasteiger partial charge in [0.2, 0.25) is 5.95 Å². The summed E-state index contributed by atoms with van der Waals surface area (Å²) in [5.74, 6) is 5.30. The molecule has 96 valence electrons. The highest BCUT2D eigenvalue weighted by Crippen LogP contribution is 2.22. The summed E-state index contributed by atoms with van der Waals surface area (Å²) in [5, 5.41) is 8.42. The third-order valence-electron chi connectivity index (χ3n) is 1.92. The molecule has 0 aliphatic rings. The zero-order valence-corrected chi connectivity index (χ0v) is 10.5. The van der Waals surface area contributed by atoms with E-state index in [2.05, 4.69) is 15.0 Å². The number of nitrogens with zero attached hydrogens (tertiary/aromatic N) is 3. The van der Waals surface area contributed by atoms with Crippen LogP contribution in [-0.4, -0.2) is 26.5 Å². The van der Waals surface area contributed by atoms with Crippen molar-refractivity contribution in [1.82, 2.24) is 20.4 Å². The molecule has 9 heteroatoms. The van der Waals surface area contributed by atoms with Gasteiger partial charge in [0.1, 0.15) is 0 Å². The van der Waals surface area contributed by atoms with Crippen LogP contribution in [0.3, 0.4) is 0 Å². The fourth-order valence-electron chi connectivity index (χ4n) is 1.21. The first-order chi connectivity index (χ1) is 8.06. The molecule has 17 heavy (non-hydrogen) atoms. The molecule has 0 radical (unpaired) electrons. The Balaban J connectivity index is 2.49. The predicted molar refractivity (Wildman–Crippen MR) is 63.6 cm³/mol. The van der Waals surface area contributed by atoms with Crippen LogP contribution in [-0.2, 0) is 9.63 Å². The van der Waals surface area contributed by atoms with Gasteiger partial charge in [0, 0.05) is 11.8 Å². The van der Waals surface area contributed by atoms with E-state index in [-0.39, 0.29) is 12.5 Å². The van der Waals surface area contributed by atoms with Crippen molar-refractivity contribution >= 4 is 23.7 Å². The Hall–Kier alpha value is -1.32. The van der Waals surface area contributed by atoms with E-state index < -0.39 is 5.97 Å². The van der Waals surface area contributed by atoms with Gasteiger partial charge in [-0.05, 0) is 13.8 Å². The first kappa shape index (κ1) is 13.7. The number of thioether (sulfide) groups is 1. The molecular weight excluding hydrogens is 244 g/mol. The number of anilines is 1. The van der Waals surface area contributed by atoms with Crippen LogP contribution in [0.25, 0.3) is 0 Å². The Morgan fingerprint density at radius 1 is 1.59 bits per heavy atom. The molecule has 0 fully saturated rings. The highest BCUT2D eigenvalue weighted by Gasteiger charge is 2.13. The fourth-order valence-corrected chi connectivity index (χ4v) is 2.21. The van der Waals surface area contributed by atoms with Crippen molar-refractivity contribution in [2.45, 2.75) is 31.5 Å². The number of rotatable bonds is 6. The molecule has 0 amide bonds. The van der Waals surface area contributed by atoms with Crippen molar-refractivity contribution in [3.8, 4) is 0 Å². The Labute approximate surface area is 103 Å². The van der Waals surface area contributed by atoms with Crippen LogP contribution in [0, 0.1) is 0 Å². The van der Waals surface area contributed by atoms with E-state index in [0.29, 0.717) is 16.9 Å². The van der Waals surface area contributed by atoms with Gasteiger partial charge >= 0.3 is 5.97 Å². The quantitative estimate of drug-likeness (QED) is 0.366. The molecule has 0 spiro atoms. The topological polar surface area (TPSA) is 121 Å². The second-order valence-corrected chi connectivity index (χ2v) is 4.56. The molecule has 0 aromatic carbocycles. The Morgan fingerprint density at radius 2 is 2.29 bits per heavy atom. The predicted octanol–water partition coefficient (Wildman–Crippen LogP) is -0.155. The van der Waals surface area contributed by atoms with E-state index in [4.69, 9.17) is 11.6 Å². The highest BCUT2D eigenvalue weighted by molar-refractivity contribution is 7.99. The van der Waals surface area contributed by atoms with Gasteiger partial charge in [-0.15, -0.1) is 10.2 Å². The van der Waals surface area contributed by atoms with E-state index >= 15 is 0 Å². The molecule has 0 aliphatic heterocycles. The van der Waals surface area contributed by atoms with Crippen molar-refractivity contribution in [3.05, 3.63) is 0 Å². The van der Waals surface area contributed by atoms with E-state index in [1.807, 2.05) is 19.4 Å². The molecule has 0 unspecified atom stereocenters. The summed E-state index contributed by atoms with van der Waals surface area (Å²) < 4.78 is 1.80. The van der Waals surface area contributed by atoms with Gasteiger partial charge in [0.15, 0.2) is 5.16 Å². The molecule has 0 saturated heterocycles. The molecule has 0 aliphatic carbocycles. The Bertz CT molecular complexity index is 380. The molecule has 8 nitrogen and oxygen atoms in total. The third-order valence-corrected chi connectivity index (χ3v) is 2.86. The summed E-state index contributed by atoms with van der Waals surface area (Å²) in [4.78, 5) is 15.4. The zero-order chi connectivity index (χ0) is 12.8. The van der Waals surface area contributed by atoms with E-state index in [1.165, 1.54) is 11.8 Å². The molecule has 1 rings (SSSR count). The lowest BCUT2D eigenvalue weighted by molar-refractivity contribution is -0.150. The van der Waals surface area contributed by atoms with Crippen LogP contribution < -0.4 is 17.2 Å². The number of hydrogen-bond donors (Lipinski definition) is 3. The number of nitrogens with one attached hydrogen (secondary N) is 1. The monoisotopic (exact) mass is 260 g/mol. The Kier molecular flexibility index (Phi) is 5.19. The Morgan fingerprint density at radius 3 is 2.88 bits per heavy atom. The van der Waals surface area contributed by atoms with Gasteiger partial charge in [0.25, 0.3) is 0 Å². The normalized spacial score (nSPS) is 10.8. The summed E-state index contributed by atoms with van der Waals surface area (Å²) in [6.07, 6.45) is 0.222.